The zero-order valence-electron chi connectivity index (χ0n) is 25.3. The number of allylic oxidation sites excluding steroid dienone is 7. The van der Waals surface area contributed by atoms with Gasteiger partial charge in [-0.1, -0.05) is 55.4 Å². The Balaban J connectivity index is 1.92. The van der Waals surface area contributed by atoms with Crippen molar-refractivity contribution in [3.63, 3.8) is 0 Å². The molecule has 5 rings (SSSR count). The van der Waals surface area contributed by atoms with Crippen molar-refractivity contribution in [1.82, 2.24) is 10.9 Å². The molecule has 0 atom stereocenters. The third kappa shape index (κ3) is 4.38. The molecule has 210 valence electrons. The fourth-order valence-corrected chi connectivity index (χ4v) is 6.40. The second-order valence-corrected chi connectivity index (χ2v) is 10.3. The number of rotatable bonds is 8. The zero-order chi connectivity index (χ0) is 28.6. The van der Waals surface area contributed by atoms with Gasteiger partial charge in [0.05, 0.1) is 34.2 Å². The molecule has 5 aliphatic rings. The van der Waals surface area contributed by atoms with Gasteiger partial charge in [-0.15, -0.1) is 0 Å². The predicted molar refractivity (Wildman–Crippen MR) is 168 cm³/mol. The Hall–Kier alpha value is -3.68. The number of amidine groups is 1. The minimum atomic E-state index is 0.426. The van der Waals surface area contributed by atoms with Crippen LogP contribution in [0.15, 0.2) is 86.1 Å². The Bertz CT molecular complexity index is 1490. The van der Waals surface area contributed by atoms with Crippen molar-refractivity contribution >= 4 is 34.9 Å². The first-order valence-corrected chi connectivity index (χ1v) is 15.2. The molecule has 0 aromatic carbocycles. The molecule has 5 aliphatic heterocycles. The average Bonchev–Trinajstić information content (AvgIpc) is 3.75. The molecule has 0 saturated carbocycles. The highest BCUT2D eigenvalue weighted by Crippen LogP contribution is 2.42. The Labute approximate surface area is 238 Å². The van der Waals surface area contributed by atoms with Crippen LogP contribution in [-0.2, 0) is 0 Å². The molecule has 0 aromatic heterocycles. The van der Waals surface area contributed by atoms with Crippen molar-refractivity contribution < 1.29 is 0 Å². The van der Waals surface area contributed by atoms with Gasteiger partial charge in [0.2, 0.25) is 5.96 Å². The van der Waals surface area contributed by atoms with E-state index < -0.39 is 0 Å². The van der Waals surface area contributed by atoms with Crippen molar-refractivity contribution in [2.75, 3.05) is 0 Å². The first-order valence-electron chi connectivity index (χ1n) is 15.2. The van der Waals surface area contributed by atoms with Gasteiger partial charge >= 0.3 is 0 Å². The summed E-state index contributed by atoms with van der Waals surface area (Å²) in [5, 5.41) is 0. The summed E-state index contributed by atoms with van der Waals surface area (Å²) in [5.74, 6) is 1.64. The number of hydrogen-bond acceptors (Lipinski definition) is 8. The summed E-state index contributed by atoms with van der Waals surface area (Å²) in [7, 11) is 0. The summed E-state index contributed by atoms with van der Waals surface area (Å²) < 4.78 is 0. The molecule has 40 heavy (non-hydrogen) atoms. The lowest BCUT2D eigenvalue weighted by Gasteiger charge is -2.14. The monoisotopic (exact) mass is 538 g/mol. The summed E-state index contributed by atoms with van der Waals surface area (Å²) in [6.07, 6.45) is 6.90. The average molecular weight is 539 g/mol. The fraction of sp³-hybridized carbons (Fsp3) is 0.500. The minimum absolute atomic E-state index is 0.426. The molecule has 0 aromatic rings. The molecule has 8 bridgehead atoms. The third-order valence-electron chi connectivity index (χ3n) is 8.28. The molecule has 8 nitrogen and oxygen atoms in total. The molecule has 0 spiro atoms. The third-order valence-corrected chi connectivity index (χ3v) is 8.28. The number of fused-ring (bicyclic) bond motifs is 4. The molecule has 0 saturated heterocycles. The second kappa shape index (κ2) is 11.4. The van der Waals surface area contributed by atoms with Gasteiger partial charge in [0.25, 0.3) is 5.96 Å². The van der Waals surface area contributed by atoms with Crippen LogP contribution in [0.5, 0.6) is 0 Å². The van der Waals surface area contributed by atoms with E-state index in [1.165, 1.54) is 27.9 Å². The van der Waals surface area contributed by atoms with Crippen molar-refractivity contribution in [2.24, 2.45) is 30.0 Å². The normalized spacial score (nSPS) is 20.6. The lowest BCUT2D eigenvalue weighted by Crippen LogP contribution is -2.33. The SMILES string of the molecule is CCC1=NC2=NC1=C(CC)C1=NC(=C(CC)C3=NC(=C(CC)C4=NC(=N2)NN4)C(CC)=C3CC)C(CC)=C1CC. The van der Waals surface area contributed by atoms with Crippen LogP contribution in [0, 0.1) is 0 Å². The van der Waals surface area contributed by atoms with Gasteiger partial charge in [-0.25, -0.2) is 20.0 Å². The first kappa shape index (κ1) is 27.9. The van der Waals surface area contributed by atoms with E-state index in [0.29, 0.717) is 11.9 Å². The Morgan fingerprint density at radius 2 is 0.900 bits per heavy atom. The summed E-state index contributed by atoms with van der Waals surface area (Å²) in [4.78, 5) is 30.2. The van der Waals surface area contributed by atoms with Gasteiger partial charge in [-0.2, -0.15) is 9.98 Å². The van der Waals surface area contributed by atoms with Crippen LogP contribution < -0.4 is 10.9 Å². The van der Waals surface area contributed by atoms with Crippen molar-refractivity contribution in [1.29, 1.82) is 0 Å². The van der Waals surface area contributed by atoms with Crippen molar-refractivity contribution in [3.8, 4) is 0 Å². The van der Waals surface area contributed by atoms with E-state index in [-0.39, 0.29) is 0 Å². The molecule has 5 heterocycles. The predicted octanol–water partition coefficient (Wildman–Crippen LogP) is 7.22. The van der Waals surface area contributed by atoms with Gasteiger partial charge in [0.1, 0.15) is 0 Å². The highest BCUT2D eigenvalue weighted by molar-refractivity contribution is 6.25. The van der Waals surface area contributed by atoms with E-state index in [9.17, 15) is 0 Å². The fourth-order valence-electron chi connectivity index (χ4n) is 6.40. The number of guanidine groups is 2. The molecule has 0 radical (unpaired) electrons. The number of nitrogens with one attached hydrogen (secondary N) is 2. The van der Waals surface area contributed by atoms with E-state index in [0.717, 1.165) is 103 Å². The summed E-state index contributed by atoms with van der Waals surface area (Å²) in [6.45, 7) is 17.7. The summed E-state index contributed by atoms with van der Waals surface area (Å²) in [5.41, 5.74) is 21.3. The van der Waals surface area contributed by atoms with Crippen molar-refractivity contribution in [2.45, 2.75) is 107 Å². The Morgan fingerprint density at radius 1 is 0.400 bits per heavy atom. The van der Waals surface area contributed by atoms with Gasteiger partial charge < -0.3 is 0 Å². The van der Waals surface area contributed by atoms with Gasteiger partial charge in [-0.05, 0) is 73.7 Å². The van der Waals surface area contributed by atoms with Crippen LogP contribution in [-0.4, -0.2) is 34.9 Å². The smallest absolute Gasteiger partial charge is 0.253 e. The largest absolute Gasteiger partial charge is 0.281 e. The summed E-state index contributed by atoms with van der Waals surface area (Å²) in [6, 6.07) is 0. The van der Waals surface area contributed by atoms with Gasteiger partial charge in [-0.3, -0.25) is 10.9 Å². The van der Waals surface area contributed by atoms with E-state index >= 15 is 0 Å². The van der Waals surface area contributed by atoms with Crippen LogP contribution in [0.3, 0.4) is 0 Å². The number of nitrogens with zero attached hydrogens (tertiary/aromatic N) is 6. The molecular formula is C32H42N8. The van der Waals surface area contributed by atoms with Crippen LogP contribution >= 0.6 is 0 Å². The number of hydrazine groups is 1. The topological polar surface area (TPSA) is 98.2 Å². The molecule has 8 heteroatoms. The number of aliphatic imine (C=N–C) groups is 6. The highest BCUT2D eigenvalue weighted by atomic mass is 15.5. The highest BCUT2D eigenvalue weighted by Gasteiger charge is 2.34. The van der Waals surface area contributed by atoms with Gasteiger partial charge in [0.15, 0.2) is 5.84 Å². The van der Waals surface area contributed by atoms with Crippen molar-refractivity contribution in [3.05, 3.63) is 56.1 Å². The number of hydrogen-bond donors (Lipinski definition) is 2. The lowest BCUT2D eigenvalue weighted by molar-refractivity contribution is 0.886. The molecule has 0 fully saturated rings. The lowest BCUT2D eigenvalue weighted by atomic mass is 9.89. The summed E-state index contributed by atoms with van der Waals surface area (Å²) >= 11 is 0. The maximum absolute atomic E-state index is 5.47. The Kier molecular flexibility index (Phi) is 7.97. The molecule has 0 amide bonds. The molecule has 0 aliphatic carbocycles. The molecule has 0 unspecified atom stereocenters. The standard InChI is InChI=1S/C32H42N8/c1-9-17-18(10-2)27-22(14-6)29-24(16-8)33-31(36-29)38-32-37-30(39-40-32)23(15-7)28-20(12-4)19(11-3)26(35-28)21(13-5)25(17)34-27/h9-16H2,1-8H3,(H2,33,36,37,38,39,40). The maximum atomic E-state index is 5.47. The maximum Gasteiger partial charge on any atom is 0.253 e. The minimum Gasteiger partial charge on any atom is -0.281 e. The van der Waals surface area contributed by atoms with E-state index in [1.54, 1.807) is 0 Å². The quantitative estimate of drug-likeness (QED) is 0.341. The van der Waals surface area contributed by atoms with E-state index in [2.05, 4.69) is 66.2 Å². The Morgan fingerprint density at radius 3 is 1.40 bits per heavy atom. The van der Waals surface area contributed by atoms with Crippen LogP contribution in [0.1, 0.15) is 107 Å². The van der Waals surface area contributed by atoms with Crippen LogP contribution in [0.2, 0.25) is 0 Å². The van der Waals surface area contributed by atoms with Crippen LogP contribution in [0.4, 0.5) is 0 Å². The van der Waals surface area contributed by atoms with E-state index in [4.69, 9.17) is 30.0 Å². The van der Waals surface area contributed by atoms with E-state index in [1.807, 2.05) is 0 Å². The first-order chi connectivity index (χ1) is 19.5. The van der Waals surface area contributed by atoms with Crippen LogP contribution in [0.25, 0.3) is 0 Å². The molecule has 2 N–H and O–H groups in total. The molecular weight excluding hydrogens is 496 g/mol. The van der Waals surface area contributed by atoms with Gasteiger partial charge in [0, 0.05) is 16.7 Å². The zero-order valence-corrected chi connectivity index (χ0v) is 25.3. The second-order valence-electron chi connectivity index (χ2n) is 10.3.